The summed E-state index contributed by atoms with van der Waals surface area (Å²) in [5, 5.41) is 6.65. The molecule has 184 valence electrons. The van der Waals surface area contributed by atoms with E-state index < -0.39 is 0 Å². The molecule has 2 aliphatic rings. The Morgan fingerprint density at radius 3 is 2.33 bits per heavy atom. The van der Waals surface area contributed by atoms with Crippen LogP contribution >= 0.6 is 0 Å². The molecule has 2 unspecified atom stereocenters. The van der Waals surface area contributed by atoms with Gasteiger partial charge in [-0.3, -0.25) is 9.78 Å². The number of carbonyl (C=O) groups excluding carboxylic acids is 1. The third-order valence-electron chi connectivity index (χ3n) is 6.68. The van der Waals surface area contributed by atoms with Crippen LogP contribution in [0.3, 0.4) is 0 Å². The van der Waals surface area contributed by atoms with E-state index in [1.165, 1.54) is 5.57 Å². The molecule has 0 N–H and O–H groups in total. The molecule has 0 bridgehead atoms. The molecule has 0 radical (unpaired) electrons. The van der Waals surface area contributed by atoms with Gasteiger partial charge in [0.15, 0.2) is 0 Å². The summed E-state index contributed by atoms with van der Waals surface area (Å²) in [7, 11) is 0. The maximum atomic E-state index is 13.6. The predicted octanol–water partition coefficient (Wildman–Crippen LogP) is 6.32. The number of pyridine rings is 1. The first kappa shape index (κ1) is 23.8. The number of amides is 1. The predicted molar refractivity (Wildman–Crippen MR) is 141 cm³/mol. The Balaban J connectivity index is 1.51. The summed E-state index contributed by atoms with van der Waals surface area (Å²) in [6.45, 7) is 5.21. The van der Waals surface area contributed by atoms with Crippen LogP contribution in [0.25, 0.3) is 6.08 Å². The fraction of sp³-hybridized carbons (Fsp3) is 0.300. The lowest BCUT2D eigenvalue weighted by atomic mass is 9.77. The van der Waals surface area contributed by atoms with Crippen molar-refractivity contribution in [2.24, 2.45) is 11.0 Å². The maximum Gasteiger partial charge on any atom is 0.276 e. The lowest BCUT2D eigenvalue weighted by molar-refractivity contribution is 0.0680. The van der Waals surface area contributed by atoms with Crippen molar-refractivity contribution in [3.63, 3.8) is 0 Å². The standard InChI is InChI=1S/C30H31N3O3/c1-3-35-25-14-10-21(11-15-25)19-23-7-5-9-27-28(23)32-33(30(34)24-8-6-18-31-20-24)29(27)22-12-16-26(17-13-22)36-4-2/h6,8,10-20,27,29H,3-5,7,9H2,1-2H3/b23-19+. The Hall–Kier alpha value is -3.93. The minimum absolute atomic E-state index is 0.131. The van der Waals surface area contributed by atoms with E-state index in [2.05, 4.69) is 35.3 Å². The van der Waals surface area contributed by atoms with Gasteiger partial charge in [-0.2, -0.15) is 5.10 Å². The molecule has 0 spiro atoms. The van der Waals surface area contributed by atoms with Gasteiger partial charge in [0.1, 0.15) is 11.5 Å². The van der Waals surface area contributed by atoms with Gasteiger partial charge in [0.05, 0.1) is 30.5 Å². The normalized spacial score (nSPS) is 20.1. The molecule has 6 heteroatoms. The second-order valence-electron chi connectivity index (χ2n) is 8.99. The highest BCUT2D eigenvalue weighted by Gasteiger charge is 2.44. The molecule has 2 atom stereocenters. The van der Waals surface area contributed by atoms with Gasteiger partial charge in [0.2, 0.25) is 0 Å². The Morgan fingerprint density at radius 1 is 1.00 bits per heavy atom. The monoisotopic (exact) mass is 481 g/mol. The van der Waals surface area contributed by atoms with Crippen LogP contribution < -0.4 is 9.47 Å². The van der Waals surface area contributed by atoms with Crippen molar-refractivity contribution in [2.75, 3.05) is 13.2 Å². The number of benzene rings is 2. The Morgan fingerprint density at radius 2 is 1.69 bits per heavy atom. The Kier molecular flexibility index (Phi) is 7.12. The number of nitrogens with zero attached hydrogens (tertiary/aromatic N) is 3. The lowest BCUT2D eigenvalue weighted by Gasteiger charge is -2.29. The SMILES string of the molecule is CCOc1ccc(/C=C2\CCCC3C2=NN(C(=O)c2cccnc2)C3c2ccc(OCC)cc2)cc1. The molecular weight excluding hydrogens is 450 g/mol. The van der Waals surface area contributed by atoms with Crippen LogP contribution in [0.1, 0.15) is 60.6 Å². The van der Waals surface area contributed by atoms with Crippen LogP contribution in [0.4, 0.5) is 0 Å². The van der Waals surface area contributed by atoms with Crippen molar-refractivity contribution < 1.29 is 14.3 Å². The number of rotatable bonds is 7. The summed E-state index contributed by atoms with van der Waals surface area (Å²) in [4.78, 5) is 17.8. The molecule has 1 saturated carbocycles. The van der Waals surface area contributed by atoms with Gasteiger partial charge in [-0.1, -0.05) is 24.3 Å². The van der Waals surface area contributed by atoms with E-state index in [-0.39, 0.29) is 17.9 Å². The van der Waals surface area contributed by atoms with Crippen molar-refractivity contribution in [2.45, 2.75) is 39.2 Å². The van der Waals surface area contributed by atoms with Crippen LogP contribution in [0, 0.1) is 5.92 Å². The van der Waals surface area contributed by atoms with Gasteiger partial charge in [-0.25, -0.2) is 5.01 Å². The summed E-state index contributed by atoms with van der Waals surface area (Å²) < 4.78 is 11.2. The number of hydrogen-bond donors (Lipinski definition) is 0. The lowest BCUT2D eigenvalue weighted by Crippen LogP contribution is -2.32. The van der Waals surface area contributed by atoms with E-state index >= 15 is 0 Å². The molecule has 2 heterocycles. The van der Waals surface area contributed by atoms with Gasteiger partial charge < -0.3 is 9.47 Å². The van der Waals surface area contributed by atoms with Gasteiger partial charge in [-0.05, 0) is 92.3 Å². The Bertz CT molecular complexity index is 1250. The summed E-state index contributed by atoms with van der Waals surface area (Å²) in [5.41, 5.74) is 4.89. The molecule has 1 aliphatic carbocycles. The topological polar surface area (TPSA) is 64.0 Å². The molecule has 3 aromatic rings. The second kappa shape index (κ2) is 10.8. The summed E-state index contributed by atoms with van der Waals surface area (Å²) in [6, 6.07) is 19.6. The molecule has 0 saturated heterocycles. The number of hydrogen-bond acceptors (Lipinski definition) is 5. The third-order valence-corrected chi connectivity index (χ3v) is 6.68. The summed E-state index contributed by atoms with van der Waals surface area (Å²) >= 11 is 0. The van der Waals surface area contributed by atoms with Crippen molar-refractivity contribution >= 4 is 17.7 Å². The van der Waals surface area contributed by atoms with Crippen molar-refractivity contribution in [1.29, 1.82) is 0 Å². The second-order valence-corrected chi connectivity index (χ2v) is 8.99. The van der Waals surface area contributed by atoms with E-state index in [1.54, 1.807) is 29.5 Å². The van der Waals surface area contributed by atoms with Crippen LogP contribution in [0.15, 0.2) is 83.7 Å². The van der Waals surface area contributed by atoms with Crippen LogP contribution in [0.5, 0.6) is 11.5 Å². The fourth-order valence-electron chi connectivity index (χ4n) is 5.08. The molecule has 1 fully saturated rings. The van der Waals surface area contributed by atoms with Gasteiger partial charge >= 0.3 is 0 Å². The number of aromatic nitrogens is 1. The Labute approximate surface area is 212 Å². The first-order valence-corrected chi connectivity index (χ1v) is 12.7. The largest absolute Gasteiger partial charge is 0.494 e. The fourth-order valence-corrected chi connectivity index (χ4v) is 5.08. The molecule has 1 amide bonds. The zero-order valence-corrected chi connectivity index (χ0v) is 20.8. The van der Waals surface area contributed by atoms with E-state index in [4.69, 9.17) is 14.6 Å². The minimum atomic E-state index is -0.174. The molecule has 1 aromatic heterocycles. The smallest absolute Gasteiger partial charge is 0.276 e. The number of carbonyl (C=O) groups is 1. The number of ether oxygens (including phenoxy) is 2. The van der Waals surface area contributed by atoms with Crippen molar-refractivity contribution in [3.8, 4) is 11.5 Å². The van der Waals surface area contributed by atoms with Crippen molar-refractivity contribution in [1.82, 2.24) is 9.99 Å². The molecule has 1 aliphatic heterocycles. The summed E-state index contributed by atoms with van der Waals surface area (Å²) in [5.74, 6) is 1.68. The van der Waals surface area contributed by atoms with Gasteiger partial charge in [0, 0.05) is 18.3 Å². The van der Waals surface area contributed by atoms with Crippen LogP contribution in [0.2, 0.25) is 0 Å². The minimum Gasteiger partial charge on any atom is -0.494 e. The highest BCUT2D eigenvalue weighted by atomic mass is 16.5. The van der Waals surface area contributed by atoms with E-state index in [0.29, 0.717) is 18.8 Å². The van der Waals surface area contributed by atoms with E-state index in [0.717, 1.165) is 47.6 Å². The van der Waals surface area contributed by atoms with E-state index in [1.807, 2.05) is 38.1 Å². The first-order valence-electron chi connectivity index (χ1n) is 12.7. The van der Waals surface area contributed by atoms with Gasteiger partial charge in [-0.15, -0.1) is 0 Å². The highest BCUT2D eigenvalue weighted by Crippen LogP contribution is 2.45. The first-order chi connectivity index (χ1) is 17.7. The van der Waals surface area contributed by atoms with Crippen LogP contribution in [-0.4, -0.2) is 34.8 Å². The summed E-state index contributed by atoms with van der Waals surface area (Å²) in [6.07, 6.45) is 8.45. The highest BCUT2D eigenvalue weighted by molar-refractivity contribution is 6.09. The number of fused-ring (bicyclic) bond motifs is 1. The maximum absolute atomic E-state index is 13.6. The quantitative estimate of drug-likeness (QED) is 0.396. The molecule has 6 nitrogen and oxygen atoms in total. The number of allylic oxidation sites excluding steroid dienone is 1. The molecule has 36 heavy (non-hydrogen) atoms. The zero-order chi connectivity index (χ0) is 24.9. The number of hydrazone groups is 1. The van der Waals surface area contributed by atoms with Gasteiger partial charge in [0.25, 0.3) is 5.91 Å². The average Bonchev–Trinajstić information content (AvgIpc) is 3.31. The molecule has 5 rings (SSSR count). The molecular formula is C30H31N3O3. The molecule has 2 aromatic carbocycles. The average molecular weight is 482 g/mol. The zero-order valence-electron chi connectivity index (χ0n) is 20.8. The van der Waals surface area contributed by atoms with Crippen LogP contribution in [-0.2, 0) is 0 Å². The van der Waals surface area contributed by atoms with Crippen molar-refractivity contribution in [3.05, 3.63) is 95.3 Å². The van der Waals surface area contributed by atoms with E-state index in [9.17, 15) is 4.79 Å². The third kappa shape index (κ3) is 4.89.